The van der Waals surface area contributed by atoms with Gasteiger partial charge in [0.05, 0.1) is 6.04 Å². The zero-order valence-electron chi connectivity index (χ0n) is 18.8. The van der Waals surface area contributed by atoms with Crippen molar-refractivity contribution < 1.29 is 24.5 Å². The minimum atomic E-state index is -1.46. The number of benzene rings is 2. The largest absolute Gasteiger partial charge is 0.503 e. The highest BCUT2D eigenvalue weighted by Gasteiger charge is 2.39. The number of rotatable bonds is 8. The van der Waals surface area contributed by atoms with Crippen molar-refractivity contribution in [2.45, 2.75) is 18.4 Å². The minimum absolute atomic E-state index is 0.194. The summed E-state index contributed by atoms with van der Waals surface area (Å²) in [5, 5.41) is 20.3. The highest BCUT2D eigenvalue weighted by molar-refractivity contribution is 5.97. The summed E-state index contributed by atoms with van der Waals surface area (Å²) in [6.45, 7) is 1.09. The molecule has 1 aliphatic rings. The Kier molecular flexibility index (Phi) is 6.79. The number of nitrogens with zero attached hydrogens (tertiary/aromatic N) is 2. The number of pyridine rings is 1. The first-order valence-corrected chi connectivity index (χ1v) is 11.0. The van der Waals surface area contributed by atoms with Gasteiger partial charge in [0.2, 0.25) is 5.43 Å². The van der Waals surface area contributed by atoms with Crippen LogP contribution in [-0.2, 0) is 4.74 Å². The Hall–Kier alpha value is -3.91. The zero-order chi connectivity index (χ0) is 24.2. The van der Waals surface area contributed by atoms with E-state index in [1.807, 2.05) is 60.7 Å². The summed E-state index contributed by atoms with van der Waals surface area (Å²) < 4.78 is 6.60. The molecule has 0 saturated carbocycles. The number of carbonyl (C=O) groups is 2. The van der Waals surface area contributed by atoms with E-state index in [9.17, 15) is 24.6 Å². The van der Waals surface area contributed by atoms with Crippen LogP contribution >= 0.6 is 0 Å². The molecule has 0 fully saturated rings. The molecule has 0 spiro atoms. The first-order valence-electron chi connectivity index (χ1n) is 11.0. The number of aromatic nitrogens is 1. The lowest BCUT2D eigenvalue weighted by atomic mass is 9.83. The Labute approximate surface area is 196 Å². The lowest BCUT2D eigenvalue weighted by Crippen LogP contribution is -2.47. The molecule has 1 amide bonds. The fourth-order valence-corrected chi connectivity index (χ4v) is 4.61. The van der Waals surface area contributed by atoms with E-state index < -0.39 is 34.7 Å². The van der Waals surface area contributed by atoms with E-state index in [1.165, 1.54) is 10.8 Å². The van der Waals surface area contributed by atoms with E-state index in [0.29, 0.717) is 19.6 Å². The van der Waals surface area contributed by atoms with Gasteiger partial charge in [-0.1, -0.05) is 60.7 Å². The standard InChI is InChI=1S/C26H26N2O6/c1-34-14-8-13-27-16-20(21(17-9-4-2-5-10-17)18-11-6-3-7-12-18)28-15-19(26(32)33)23(29)24(30)22(28)25(27)31/h2-7,9-12,15,20-21,30H,8,13-14,16H2,1H3,(H,32,33)/t20-/m1/s1. The molecule has 1 atom stereocenters. The highest BCUT2D eigenvalue weighted by Crippen LogP contribution is 2.40. The molecule has 176 valence electrons. The van der Waals surface area contributed by atoms with E-state index in [2.05, 4.69) is 0 Å². The first kappa shape index (κ1) is 23.3. The second kappa shape index (κ2) is 9.93. The minimum Gasteiger partial charge on any atom is -0.503 e. The number of hydrogen-bond acceptors (Lipinski definition) is 5. The summed E-state index contributed by atoms with van der Waals surface area (Å²) in [5.74, 6) is -3.09. The molecule has 2 aromatic carbocycles. The first-order chi connectivity index (χ1) is 16.4. The number of amides is 1. The molecule has 2 heterocycles. The Bertz CT molecular complexity index is 1200. The van der Waals surface area contributed by atoms with Crippen LogP contribution in [0.1, 0.15) is 50.4 Å². The highest BCUT2D eigenvalue weighted by atomic mass is 16.5. The molecular weight excluding hydrogens is 436 g/mol. The van der Waals surface area contributed by atoms with Gasteiger partial charge in [0.1, 0.15) is 5.56 Å². The number of aromatic carboxylic acids is 1. The third-order valence-corrected chi connectivity index (χ3v) is 6.17. The number of ether oxygens (including phenoxy) is 1. The normalized spacial score (nSPS) is 15.4. The second-order valence-corrected chi connectivity index (χ2v) is 8.25. The van der Waals surface area contributed by atoms with Crippen LogP contribution in [0.5, 0.6) is 5.75 Å². The Balaban J connectivity index is 1.94. The topological polar surface area (TPSA) is 109 Å². The van der Waals surface area contributed by atoms with Gasteiger partial charge >= 0.3 is 5.97 Å². The average molecular weight is 463 g/mol. The van der Waals surface area contributed by atoms with Gasteiger partial charge in [-0.2, -0.15) is 0 Å². The van der Waals surface area contributed by atoms with E-state index in [4.69, 9.17) is 4.74 Å². The maximum Gasteiger partial charge on any atom is 0.341 e. The molecule has 3 aromatic rings. The molecule has 8 nitrogen and oxygen atoms in total. The van der Waals surface area contributed by atoms with Crippen molar-refractivity contribution in [2.24, 2.45) is 0 Å². The van der Waals surface area contributed by atoms with Crippen molar-refractivity contribution in [1.82, 2.24) is 9.47 Å². The molecule has 0 aliphatic carbocycles. The molecule has 34 heavy (non-hydrogen) atoms. The smallest absolute Gasteiger partial charge is 0.341 e. The van der Waals surface area contributed by atoms with E-state index in [1.54, 1.807) is 12.0 Å². The lowest BCUT2D eigenvalue weighted by molar-refractivity contribution is 0.0619. The number of carbonyl (C=O) groups excluding carboxylic acids is 1. The summed E-state index contributed by atoms with van der Waals surface area (Å²) in [4.78, 5) is 39.3. The molecule has 0 unspecified atom stereocenters. The molecule has 4 rings (SSSR count). The molecule has 0 bridgehead atoms. The molecular formula is C26H26N2O6. The van der Waals surface area contributed by atoms with Crippen LogP contribution in [0.3, 0.4) is 0 Å². The summed E-state index contributed by atoms with van der Waals surface area (Å²) in [6, 6.07) is 18.9. The van der Waals surface area contributed by atoms with Gasteiger partial charge in [0.15, 0.2) is 11.4 Å². The number of carboxylic acid groups (broad SMARTS) is 1. The van der Waals surface area contributed by atoms with Gasteiger partial charge < -0.3 is 24.4 Å². The summed E-state index contributed by atoms with van der Waals surface area (Å²) >= 11 is 0. The fourth-order valence-electron chi connectivity index (χ4n) is 4.61. The van der Waals surface area contributed by atoms with Gasteiger partial charge in [-0.05, 0) is 17.5 Å². The third-order valence-electron chi connectivity index (χ3n) is 6.17. The molecule has 8 heteroatoms. The van der Waals surface area contributed by atoms with Crippen LogP contribution in [0.4, 0.5) is 0 Å². The summed E-state index contributed by atoms with van der Waals surface area (Å²) in [7, 11) is 1.58. The maximum atomic E-state index is 13.3. The number of carboxylic acids is 1. The summed E-state index contributed by atoms with van der Waals surface area (Å²) in [5.41, 5.74) is 0.0876. The molecule has 1 aliphatic heterocycles. The van der Waals surface area contributed by atoms with Crippen LogP contribution in [0.2, 0.25) is 0 Å². The van der Waals surface area contributed by atoms with Gasteiger partial charge in [0.25, 0.3) is 5.91 Å². The third kappa shape index (κ3) is 4.32. The fraction of sp³-hybridized carbons (Fsp3) is 0.269. The van der Waals surface area contributed by atoms with Crippen molar-refractivity contribution in [3.8, 4) is 5.75 Å². The Morgan fingerprint density at radius 1 is 1.06 bits per heavy atom. The molecule has 0 saturated heterocycles. The van der Waals surface area contributed by atoms with Crippen LogP contribution in [0.15, 0.2) is 71.7 Å². The quantitative estimate of drug-likeness (QED) is 0.498. The maximum absolute atomic E-state index is 13.3. The van der Waals surface area contributed by atoms with Crippen LogP contribution in [0, 0.1) is 0 Å². The predicted molar refractivity (Wildman–Crippen MR) is 125 cm³/mol. The second-order valence-electron chi connectivity index (χ2n) is 8.25. The lowest BCUT2D eigenvalue weighted by Gasteiger charge is -2.40. The molecule has 0 radical (unpaired) electrons. The van der Waals surface area contributed by atoms with Crippen molar-refractivity contribution in [3.63, 3.8) is 0 Å². The molecule has 1 aromatic heterocycles. The van der Waals surface area contributed by atoms with Crippen molar-refractivity contribution in [1.29, 1.82) is 0 Å². The SMILES string of the molecule is COCCCN1C[C@H](C(c2ccccc2)c2ccccc2)n2cc(C(=O)O)c(=O)c(O)c2C1=O. The van der Waals surface area contributed by atoms with Crippen molar-refractivity contribution in [3.05, 3.63) is 99.5 Å². The predicted octanol–water partition coefficient (Wildman–Crippen LogP) is 3.12. The van der Waals surface area contributed by atoms with Gasteiger partial charge in [-0.25, -0.2) is 4.79 Å². The average Bonchev–Trinajstić information content (AvgIpc) is 2.84. The van der Waals surface area contributed by atoms with Gasteiger partial charge in [0, 0.05) is 38.9 Å². The zero-order valence-corrected chi connectivity index (χ0v) is 18.8. The number of aromatic hydroxyl groups is 1. The monoisotopic (exact) mass is 462 g/mol. The van der Waals surface area contributed by atoms with Crippen LogP contribution < -0.4 is 5.43 Å². The van der Waals surface area contributed by atoms with E-state index >= 15 is 0 Å². The van der Waals surface area contributed by atoms with Gasteiger partial charge in [-0.3, -0.25) is 9.59 Å². The van der Waals surface area contributed by atoms with E-state index in [-0.39, 0.29) is 18.2 Å². The molecule has 2 N–H and O–H groups in total. The number of hydrogen-bond donors (Lipinski definition) is 2. The van der Waals surface area contributed by atoms with Crippen molar-refractivity contribution in [2.75, 3.05) is 26.8 Å². The van der Waals surface area contributed by atoms with Gasteiger partial charge in [-0.15, -0.1) is 0 Å². The number of methoxy groups -OCH3 is 1. The number of fused-ring (bicyclic) bond motifs is 1. The summed E-state index contributed by atoms with van der Waals surface area (Å²) in [6.07, 6.45) is 1.77. The van der Waals surface area contributed by atoms with E-state index in [0.717, 1.165) is 11.1 Å². The van der Waals surface area contributed by atoms with Crippen LogP contribution in [0.25, 0.3) is 0 Å². The Morgan fingerprint density at radius 3 is 2.18 bits per heavy atom. The Morgan fingerprint density at radius 2 is 1.65 bits per heavy atom. The van der Waals surface area contributed by atoms with Crippen LogP contribution in [-0.4, -0.2) is 58.4 Å². The van der Waals surface area contributed by atoms with Crippen molar-refractivity contribution >= 4 is 11.9 Å².